The first-order valence-electron chi connectivity index (χ1n) is 10.0. The third kappa shape index (κ3) is 4.45. The number of morpholine rings is 1. The number of fused-ring (bicyclic) bond motifs is 1. The zero-order valence-electron chi connectivity index (χ0n) is 17.0. The van der Waals surface area contributed by atoms with Crippen LogP contribution < -0.4 is 5.32 Å². The molecule has 1 amide bonds. The largest absolute Gasteiger partial charge is 0.379 e. The van der Waals surface area contributed by atoms with Crippen LogP contribution in [0.25, 0.3) is 10.8 Å². The Kier molecular flexibility index (Phi) is 6.29. The second kappa shape index (κ2) is 8.96. The molecule has 162 valence electrons. The van der Waals surface area contributed by atoms with Gasteiger partial charge in [-0.1, -0.05) is 54.1 Å². The van der Waals surface area contributed by atoms with Crippen molar-refractivity contribution in [3.63, 3.8) is 0 Å². The van der Waals surface area contributed by atoms with Crippen LogP contribution in [0.1, 0.15) is 28.9 Å². The normalized spacial score (nSPS) is 16.2. The van der Waals surface area contributed by atoms with Gasteiger partial charge in [-0.15, -0.1) is 0 Å². The smallest absolute Gasteiger partial charge is 0.253 e. The number of ether oxygens (including phenoxy) is 1. The summed E-state index contributed by atoms with van der Waals surface area (Å²) in [5.74, 6) is -0.426. The Morgan fingerprint density at radius 3 is 2.55 bits per heavy atom. The lowest BCUT2D eigenvalue weighted by Crippen LogP contribution is -2.40. The molecular formula is C23H23ClN2O4S. The van der Waals surface area contributed by atoms with E-state index in [-0.39, 0.29) is 34.6 Å². The summed E-state index contributed by atoms with van der Waals surface area (Å²) in [4.78, 5) is 13.1. The lowest BCUT2D eigenvalue weighted by molar-refractivity contribution is 0.0730. The van der Waals surface area contributed by atoms with Crippen LogP contribution in [0.15, 0.2) is 65.6 Å². The molecule has 1 fully saturated rings. The number of carbonyl (C=O) groups excluding carboxylic acids is 1. The highest BCUT2D eigenvalue weighted by molar-refractivity contribution is 7.89. The van der Waals surface area contributed by atoms with Crippen LogP contribution in [-0.2, 0) is 14.8 Å². The number of benzene rings is 3. The lowest BCUT2D eigenvalue weighted by Gasteiger charge is -2.26. The molecule has 0 aliphatic carbocycles. The summed E-state index contributed by atoms with van der Waals surface area (Å²) in [6.07, 6.45) is 0. The first kappa shape index (κ1) is 21.8. The van der Waals surface area contributed by atoms with Gasteiger partial charge < -0.3 is 10.1 Å². The van der Waals surface area contributed by atoms with E-state index in [0.29, 0.717) is 13.2 Å². The van der Waals surface area contributed by atoms with Gasteiger partial charge in [0.05, 0.1) is 34.7 Å². The molecule has 1 saturated heterocycles. The number of nitrogens with zero attached hydrogens (tertiary/aromatic N) is 1. The van der Waals surface area contributed by atoms with E-state index in [1.165, 1.54) is 22.5 Å². The first-order valence-corrected chi connectivity index (χ1v) is 11.9. The summed E-state index contributed by atoms with van der Waals surface area (Å²) in [7, 11) is -3.73. The lowest BCUT2D eigenvalue weighted by atomic mass is 9.99. The standard InChI is InChI=1S/C23H23ClN2O4S/c1-16(19-8-4-6-17-5-2-3-7-20(17)19)25-23(27)21-15-18(9-10-22(21)24)31(28,29)26-11-13-30-14-12-26/h2-10,15-16H,11-14H2,1H3,(H,25,27)/t16-/m1/s1. The van der Waals surface area contributed by atoms with Crippen LogP contribution >= 0.6 is 11.6 Å². The Morgan fingerprint density at radius 1 is 1.06 bits per heavy atom. The minimum Gasteiger partial charge on any atom is -0.379 e. The van der Waals surface area contributed by atoms with E-state index < -0.39 is 15.9 Å². The first-order chi connectivity index (χ1) is 14.9. The molecule has 3 aromatic carbocycles. The average Bonchev–Trinajstić information content (AvgIpc) is 2.79. The van der Waals surface area contributed by atoms with Crippen molar-refractivity contribution in [2.75, 3.05) is 26.3 Å². The summed E-state index contributed by atoms with van der Waals surface area (Å²) in [6, 6.07) is 17.8. The second-order valence-corrected chi connectivity index (χ2v) is 9.77. The van der Waals surface area contributed by atoms with Gasteiger partial charge in [-0.2, -0.15) is 4.31 Å². The molecule has 31 heavy (non-hydrogen) atoms. The van der Waals surface area contributed by atoms with Crippen molar-refractivity contribution in [2.45, 2.75) is 17.9 Å². The van der Waals surface area contributed by atoms with Crippen molar-refractivity contribution in [1.82, 2.24) is 9.62 Å². The molecule has 6 nitrogen and oxygen atoms in total. The number of halogens is 1. The van der Waals surface area contributed by atoms with Crippen LogP contribution in [0.3, 0.4) is 0 Å². The Labute approximate surface area is 186 Å². The maximum atomic E-state index is 13.0. The maximum Gasteiger partial charge on any atom is 0.253 e. The summed E-state index contributed by atoms with van der Waals surface area (Å²) in [6.45, 7) is 3.16. The number of hydrogen-bond acceptors (Lipinski definition) is 4. The molecule has 0 bridgehead atoms. The number of carbonyl (C=O) groups is 1. The quantitative estimate of drug-likeness (QED) is 0.627. The Morgan fingerprint density at radius 2 is 1.77 bits per heavy atom. The molecule has 1 N–H and O–H groups in total. The SMILES string of the molecule is C[C@@H](NC(=O)c1cc(S(=O)(=O)N2CCOCC2)ccc1Cl)c1cccc2ccccc12. The van der Waals surface area contributed by atoms with Crippen LogP contribution in [0, 0.1) is 0 Å². The molecule has 0 saturated carbocycles. The van der Waals surface area contributed by atoms with Crippen LogP contribution in [0.2, 0.25) is 5.02 Å². The summed E-state index contributed by atoms with van der Waals surface area (Å²) < 4.78 is 32.5. The number of rotatable bonds is 5. The molecule has 8 heteroatoms. The molecule has 1 heterocycles. The molecule has 0 radical (unpaired) electrons. The van der Waals surface area contributed by atoms with Gasteiger partial charge in [0, 0.05) is 13.1 Å². The minimum absolute atomic E-state index is 0.0433. The highest BCUT2D eigenvalue weighted by Crippen LogP contribution is 2.27. The zero-order chi connectivity index (χ0) is 22.0. The summed E-state index contributed by atoms with van der Waals surface area (Å²) in [5.41, 5.74) is 1.10. The fraction of sp³-hybridized carbons (Fsp3) is 0.261. The average molecular weight is 459 g/mol. The van der Waals surface area contributed by atoms with E-state index in [9.17, 15) is 13.2 Å². The van der Waals surface area contributed by atoms with Crippen LogP contribution in [0.5, 0.6) is 0 Å². The van der Waals surface area contributed by atoms with Gasteiger partial charge >= 0.3 is 0 Å². The predicted molar refractivity (Wildman–Crippen MR) is 121 cm³/mol. The summed E-state index contributed by atoms with van der Waals surface area (Å²) >= 11 is 6.26. The highest BCUT2D eigenvalue weighted by atomic mass is 35.5. The van der Waals surface area contributed by atoms with E-state index >= 15 is 0 Å². The molecule has 4 rings (SSSR count). The molecule has 1 atom stereocenters. The van der Waals surface area contributed by atoms with Crippen molar-refractivity contribution < 1.29 is 17.9 Å². The Hall–Kier alpha value is -2.45. The number of nitrogens with one attached hydrogen (secondary N) is 1. The van der Waals surface area contributed by atoms with Gasteiger partial charge in [0.2, 0.25) is 10.0 Å². The Bertz CT molecular complexity index is 1220. The molecule has 0 unspecified atom stereocenters. The molecule has 1 aliphatic rings. The van der Waals surface area contributed by atoms with Crippen molar-refractivity contribution >= 4 is 38.3 Å². The molecule has 0 spiro atoms. The second-order valence-electron chi connectivity index (χ2n) is 7.42. The van der Waals surface area contributed by atoms with E-state index in [4.69, 9.17) is 16.3 Å². The fourth-order valence-corrected chi connectivity index (χ4v) is 5.39. The van der Waals surface area contributed by atoms with E-state index in [1.54, 1.807) is 0 Å². The van der Waals surface area contributed by atoms with Crippen molar-refractivity contribution in [2.24, 2.45) is 0 Å². The molecule has 3 aromatic rings. The van der Waals surface area contributed by atoms with Gasteiger partial charge in [0.15, 0.2) is 0 Å². The van der Waals surface area contributed by atoms with E-state index in [2.05, 4.69) is 5.32 Å². The third-order valence-corrected chi connectivity index (χ3v) is 7.65. The summed E-state index contributed by atoms with van der Waals surface area (Å²) in [5, 5.41) is 5.28. The van der Waals surface area contributed by atoms with Crippen molar-refractivity contribution in [3.05, 3.63) is 76.8 Å². The number of hydrogen-bond donors (Lipinski definition) is 1. The monoisotopic (exact) mass is 458 g/mol. The number of sulfonamides is 1. The van der Waals surface area contributed by atoms with Gasteiger partial charge in [0.1, 0.15) is 0 Å². The van der Waals surface area contributed by atoms with Gasteiger partial charge in [-0.3, -0.25) is 4.79 Å². The van der Waals surface area contributed by atoms with Gasteiger partial charge in [-0.05, 0) is 41.5 Å². The van der Waals surface area contributed by atoms with Gasteiger partial charge in [0.25, 0.3) is 5.91 Å². The van der Waals surface area contributed by atoms with Crippen molar-refractivity contribution in [3.8, 4) is 0 Å². The predicted octanol–water partition coefficient (Wildman–Crippen LogP) is 4.01. The highest BCUT2D eigenvalue weighted by Gasteiger charge is 2.28. The maximum absolute atomic E-state index is 13.0. The Balaban J connectivity index is 1.60. The van der Waals surface area contributed by atoms with Crippen molar-refractivity contribution in [1.29, 1.82) is 0 Å². The van der Waals surface area contributed by atoms with Crippen LogP contribution in [-0.4, -0.2) is 44.9 Å². The molecule has 0 aromatic heterocycles. The van der Waals surface area contributed by atoms with E-state index in [0.717, 1.165) is 16.3 Å². The third-order valence-electron chi connectivity index (χ3n) is 5.43. The topological polar surface area (TPSA) is 75.7 Å². The molecular weight excluding hydrogens is 436 g/mol. The molecule has 1 aliphatic heterocycles. The number of amides is 1. The zero-order valence-corrected chi connectivity index (χ0v) is 18.6. The van der Waals surface area contributed by atoms with Gasteiger partial charge in [-0.25, -0.2) is 8.42 Å². The minimum atomic E-state index is -3.73. The van der Waals surface area contributed by atoms with E-state index in [1.807, 2.05) is 49.4 Å². The van der Waals surface area contributed by atoms with Crippen LogP contribution in [0.4, 0.5) is 0 Å². The fourth-order valence-electron chi connectivity index (χ4n) is 3.76.